The predicted octanol–water partition coefficient (Wildman–Crippen LogP) is 5.19. The van der Waals surface area contributed by atoms with Gasteiger partial charge in [-0.25, -0.2) is 5.43 Å². The molecule has 3 aromatic rings. The van der Waals surface area contributed by atoms with Crippen molar-refractivity contribution in [1.82, 2.24) is 5.43 Å². The molecular formula is C22H17ClN2O. The molecule has 0 fully saturated rings. The fourth-order valence-electron chi connectivity index (χ4n) is 2.32. The molecule has 128 valence electrons. The van der Waals surface area contributed by atoms with E-state index in [4.69, 9.17) is 11.6 Å². The number of amides is 1. The number of benzene rings is 3. The van der Waals surface area contributed by atoms with E-state index in [0.29, 0.717) is 16.3 Å². The summed E-state index contributed by atoms with van der Waals surface area (Å²) < 4.78 is 0. The molecule has 3 rings (SSSR count). The molecule has 0 unspecified atom stereocenters. The molecule has 0 aliphatic carbocycles. The van der Waals surface area contributed by atoms with E-state index in [-0.39, 0.29) is 5.91 Å². The van der Waals surface area contributed by atoms with Gasteiger partial charge in [-0.05, 0) is 35.9 Å². The van der Waals surface area contributed by atoms with Crippen LogP contribution < -0.4 is 5.43 Å². The topological polar surface area (TPSA) is 41.5 Å². The molecule has 0 saturated heterocycles. The lowest BCUT2D eigenvalue weighted by molar-refractivity contribution is 0.0955. The van der Waals surface area contributed by atoms with Gasteiger partial charge in [0.2, 0.25) is 0 Å². The van der Waals surface area contributed by atoms with Crippen molar-refractivity contribution in [3.63, 3.8) is 0 Å². The summed E-state index contributed by atoms with van der Waals surface area (Å²) in [6.45, 7) is 0. The van der Waals surface area contributed by atoms with Crippen LogP contribution in [0.2, 0.25) is 5.02 Å². The van der Waals surface area contributed by atoms with Gasteiger partial charge in [0.05, 0.1) is 5.71 Å². The average molecular weight is 361 g/mol. The van der Waals surface area contributed by atoms with Crippen LogP contribution in [0.3, 0.4) is 0 Å². The van der Waals surface area contributed by atoms with Crippen molar-refractivity contribution in [3.05, 3.63) is 113 Å². The van der Waals surface area contributed by atoms with Crippen LogP contribution in [0, 0.1) is 0 Å². The highest BCUT2D eigenvalue weighted by molar-refractivity contribution is 6.30. The maximum absolute atomic E-state index is 12.2. The van der Waals surface area contributed by atoms with Crippen molar-refractivity contribution in [2.24, 2.45) is 5.10 Å². The second kappa shape index (κ2) is 8.79. The Kier molecular flexibility index (Phi) is 5.96. The van der Waals surface area contributed by atoms with Gasteiger partial charge in [-0.3, -0.25) is 4.79 Å². The molecule has 4 heteroatoms. The van der Waals surface area contributed by atoms with E-state index in [2.05, 4.69) is 10.5 Å². The summed E-state index contributed by atoms with van der Waals surface area (Å²) >= 11 is 5.92. The summed E-state index contributed by atoms with van der Waals surface area (Å²) in [5, 5.41) is 5.00. The summed E-state index contributed by atoms with van der Waals surface area (Å²) in [4.78, 5) is 12.2. The Hall–Kier alpha value is -3.17. The molecule has 0 saturated carbocycles. The minimum absolute atomic E-state index is 0.251. The second-order valence-electron chi connectivity index (χ2n) is 5.55. The number of hydrazone groups is 1. The maximum Gasteiger partial charge on any atom is 0.271 e. The Morgan fingerprint density at radius 3 is 2.00 bits per heavy atom. The van der Waals surface area contributed by atoms with Gasteiger partial charge in [0.1, 0.15) is 0 Å². The van der Waals surface area contributed by atoms with Crippen LogP contribution in [-0.2, 0) is 0 Å². The Morgan fingerprint density at radius 1 is 0.808 bits per heavy atom. The molecule has 1 N–H and O–H groups in total. The third-order valence-corrected chi connectivity index (χ3v) is 3.94. The van der Waals surface area contributed by atoms with Gasteiger partial charge in [0.25, 0.3) is 5.91 Å². The van der Waals surface area contributed by atoms with Gasteiger partial charge in [-0.1, -0.05) is 78.3 Å². The number of rotatable bonds is 5. The molecule has 0 spiro atoms. The van der Waals surface area contributed by atoms with Gasteiger partial charge in [-0.15, -0.1) is 0 Å². The number of nitrogens with one attached hydrogen (secondary N) is 1. The van der Waals surface area contributed by atoms with E-state index in [9.17, 15) is 4.79 Å². The van der Waals surface area contributed by atoms with E-state index < -0.39 is 0 Å². The first-order valence-corrected chi connectivity index (χ1v) is 8.52. The first kappa shape index (κ1) is 17.6. The van der Waals surface area contributed by atoms with Crippen LogP contribution >= 0.6 is 11.6 Å². The molecule has 0 radical (unpaired) electrons. The van der Waals surface area contributed by atoms with Crippen molar-refractivity contribution < 1.29 is 4.79 Å². The first-order chi connectivity index (χ1) is 12.7. The summed E-state index contributed by atoms with van der Waals surface area (Å²) in [6, 6.07) is 26.2. The SMILES string of the molecule is O=C(N/N=C(/C=C/c1ccc(Cl)cc1)c1ccccc1)c1ccccc1. The van der Waals surface area contributed by atoms with Crippen molar-refractivity contribution in [2.45, 2.75) is 0 Å². The number of nitrogens with zero attached hydrogens (tertiary/aromatic N) is 1. The molecule has 26 heavy (non-hydrogen) atoms. The quantitative estimate of drug-likeness (QED) is 0.494. The van der Waals surface area contributed by atoms with Crippen LogP contribution in [0.5, 0.6) is 0 Å². The molecule has 0 heterocycles. The van der Waals surface area contributed by atoms with Crippen LogP contribution in [0.4, 0.5) is 0 Å². The lowest BCUT2D eigenvalue weighted by Gasteiger charge is -2.04. The van der Waals surface area contributed by atoms with Crippen LogP contribution in [-0.4, -0.2) is 11.6 Å². The third kappa shape index (κ3) is 4.91. The highest BCUT2D eigenvalue weighted by Gasteiger charge is 2.05. The summed E-state index contributed by atoms with van der Waals surface area (Å²) in [7, 11) is 0. The summed E-state index contributed by atoms with van der Waals surface area (Å²) in [5.41, 5.74) is 5.74. The van der Waals surface area contributed by atoms with Gasteiger partial charge in [-0.2, -0.15) is 5.10 Å². The van der Waals surface area contributed by atoms with Gasteiger partial charge >= 0.3 is 0 Å². The maximum atomic E-state index is 12.2. The normalized spacial score (nSPS) is 11.5. The molecule has 0 aromatic heterocycles. The van der Waals surface area contributed by atoms with E-state index in [1.54, 1.807) is 12.1 Å². The fourth-order valence-corrected chi connectivity index (χ4v) is 2.45. The van der Waals surface area contributed by atoms with E-state index >= 15 is 0 Å². The molecule has 0 bridgehead atoms. The molecule has 3 aromatic carbocycles. The molecular weight excluding hydrogens is 344 g/mol. The van der Waals surface area contributed by atoms with Gasteiger partial charge < -0.3 is 0 Å². The largest absolute Gasteiger partial charge is 0.271 e. The zero-order chi connectivity index (χ0) is 18.2. The number of carbonyl (C=O) groups excluding carboxylic acids is 1. The Morgan fingerprint density at radius 2 is 1.38 bits per heavy atom. The zero-order valence-corrected chi connectivity index (χ0v) is 14.7. The van der Waals surface area contributed by atoms with E-state index in [1.165, 1.54) is 0 Å². The minimum atomic E-state index is -0.251. The highest BCUT2D eigenvalue weighted by Crippen LogP contribution is 2.12. The number of halogens is 1. The first-order valence-electron chi connectivity index (χ1n) is 8.14. The average Bonchev–Trinajstić information content (AvgIpc) is 2.70. The van der Waals surface area contributed by atoms with Crippen LogP contribution in [0.1, 0.15) is 21.5 Å². The number of carbonyl (C=O) groups is 1. The van der Waals surface area contributed by atoms with Crippen LogP contribution in [0.15, 0.2) is 96.1 Å². The summed E-state index contributed by atoms with van der Waals surface area (Å²) in [6.07, 6.45) is 3.79. The Balaban J connectivity index is 1.84. The van der Waals surface area contributed by atoms with Crippen molar-refractivity contribution >= 4 is 29.3 Å². The van der Waals surface area contributed by atoms with E-state index in [0.717, 1.165) is 11.1 Å². The second-order valence-corrected chi connectivity index (χ2v) is 5.99. The minimum Gasteiger partial charge on any atom is -0.267 e. The number of hydrogen-bond donors (Lipinski definition) is 1. The Bertz CT molecular complexity index is 917. The smallest absolute Gasteiger partial charge is 0.267 e. The Labute approximate surface area is 157 Å². The van der Waals surface area contributed by atoms with Crippen molar-refractivity contribution in [1.29, 1.82) is 0 Å². The zero-order valence-electron chi connectivity index (χ0n) is 14.0. The highest BCUT2D eigenvalue weighted by atomic mass is 35.5. The standard InChI is InChI=1S/C22H17ClN2O/c23-20-14-11-17(12-15-20)13-16-21(18-7-3-1-4-8-18)24-25-22(26)19-9-5-2-6-10-19/h1-16H,(H,25,26)/b16-13+,24-21-. The van der Waals surface area contributed by atoms with Gasteiger partial charge in [0, 0.05) is 16.1 Å². The predicted molar refractivity (Wildman–Crippen MR) is 107 cm³/mol. The molecule has 0 aliphatic rings. The number of allylic oxidation sites excluding steroid dienone is 1. The van der Waals surface area contributed by atoms with Gasteiger partial charge in [0.15, 0.2) is 0 Å². The van der Waals surface area contributed by atoms with Crippen LogP contribution in [0.25, 0.3) is 6.08 Å². The molecule has 0 atom stereocenters. The van der Waals surface area contributed by atoms with Crippen molar-refractivity contribution in [2.75, 3.05) is 0 Å². The number of hydrogen-bond acceptors (Lipinski definition) is 2. The molecule has 0 aliphatic heterocycles. The fraction of sp³-hybridized carbons (Fsp3) is 0. The third-order valence-electron chi connectivity index (χ3n) is 3.69. The monoisotopic (exact) mass is 360 g/mol. The lowest BCUT2D eigenvalue weighted by atomic mass is 10.1. The molecule has 3 nitrogen and oxygen atoms in total. The summed E-state index contributed by atoms with van der Waals surface area (Å²) in [5.74, 6) is -0.251. The van der Waals surface area contributed by atoms with E-state index in [1.807, 2.05) is 84.9 Å². The van der Waals surface area contributed by atoms with Crippen molar-refractivity contribution in [3.8, 4) is 0 Å². The molecule has 1 amide bonds. The lowest BCUT2D eigenvalue weighted by Crippen LogP contribution is -2.19.